The maximum absolute atomic E-state index is 14.9. The fourth-order valence-electron chi connectivity index (χ4n) is 3.67. The highest BCUT2D eigenvalue weighted by Gasteiger charge is 2.40. The predicted octanol–water partition coefficient (Wildman–Crippen LogP) is 4.49. The molecule has 9 heteroatoms. The number of Topliss-reactive ketones (excluding diaryl/α,β-unsaturated/α-hetero) is 1. The van der Waals surface area contributed by atoms with Gasteiger partial charge in [0.25, 0.3) is 6.04 Å². The molecule has 0 aliphatic carbocycles. The number of hydrogen-bond donors (Lipinski definition) is 1. The van der Waals surface area contributed by atoms with Crippen LogP contribution in [-0.4, -0.2) is 46.1 Å². The van der Waals surface area contributed by atoms with Crippen molar-refractivity contribution in [1.29, 1.82) is 0 Å². The molecule has 1 fully saturated rings. The van der Waals surface area contributed by atoms with Crippen LogP contribution in [-0.2, 0) is 5.60 Å². The Hall–Kier alpha value is -2.06. The number of hydrogen-bond acceptors (Lipinski definition) is 5. The van der Waals surface area contributed by atoms with Crippen molar-refractivity contribution in [2.24, 2.45) is 0 Å². The van der Waals surface area contributed by atoms with Crippen LogP contribution in [0.5, 0.6) is 0 Å². The van der Waals surface area contributed by atoms with E-state index in [9.17, 15) is 24.4 Å². The number of likely N-dealkylation sites (tertiary alicyclic amines) is 1. The third kappa shape index (κ3) is 4.98. The Morgan fingerprint density at radius 1 is 1.17 bits per heavy atom. The zero-order valence-corrected chi connectivity index (χ0v) is 17.5. The summed E-state index contributed by atoms with van der Waals surface area (Å²) < 4.78 is 14.9. The lowest BCUT2D eigenvalue weighted by atomic mass is 9.84. The molecule has 1 N–H and O–H groups in total. The Morgan fingerprint density at radius 2 is 1.80 bits per heavy atom. The highest BCUT2D eigenvalue weighted by molar-refractivity contribution is 6.42. The fourth-order valence-corrected chi connectivity index (χ4v) is 3.96. The zero-order chi connectivity index (χ0) is 21.9. The molecule has 3 rings (SSSR count). The summed E-state index contributed by atoms with van der Waals surface area (Å²) in [5.74, 6) is -0.715. The van der Waals surface area contributed by atoms with Gasteiger partial charge in [0.15, 0.2) is 6.30 Å². The average molecular weight is 455 g/mol. The van der Waals surface area contributed by atoms with Gasteiger partial charge >= 0.3 is 0 Å². The van der Waals surface area contributed by atoms with E-state index in [0.29, 0.717) is 15.6 Å². The zero-order valence-electron chi connectivity index (χ0n) is 16.0. The molecule has 0 bridgehead atoms. The highest BCUT2D eigenvalue weighted by Crippen LogP contribution is 2.36. The first-order valence-electron chi connectivity index (χ1n) is 9.50. The van der Waals surface area contributed by atoms with Crippen LogP contribution in [0.3, 0.4) is 0 Å². The van der Waals surface area contributed by atoms with E-state index in [1.54, 1.807) is 36.4 Å². The minimum Gasteiger partial charge on any atom is -0.385 e. The van der Waals surface area contributed by atoms with Gasteiger partial charge in [0.2, 0.25) is 5.78 Å². The van der Waals surface area contributed by atoms with Gasteiger partial charge in [-0.05, 0) is 30.5 Å². The number of alkyl halides is 1. The van der Waals surface area contributed by atoms with Crippen LogP contribution in [0.15, 0.2) is 48.5 Å². The summed E-state index contributed by atoms with van der Waals surface area (Å²) in [6.45, 7) is 0.365. The molecule has 1 saturated heterocycles. The summed E-state index contributed by atoms with van der Waals surface area (Å²) in [6.07, 6.45) is -1.78. The van der Waals surface area contributed by atoms with Crippen molar-refractivity contribution in [2.75, 3.05) is 13.1 Å². The van der Waals surface area contributed by atoms with Crippen LogP contribution >= 0.6 is 23.2 Å². The molecule has 1 heterocycles. The van der Waals surface area contributed by atoms with Crippen molar-refractivity contribution in [3.63, 3.8) is 0 Å². The number of rotatable bonds is 7. The molecule has 160 valence electrons. The molecule has 1 aliphatic rings. The van der Waals surface area contributed by atoms with Crippen molar-refractivity contribution in [2.45, 2.75) is 37.2 Å². The van der Waals surface area contributed by atoms with E-state index in [4.69, 9.17) is 23.2 Å². The minimum atomic E-state index is -1.67. The number of carbonyl (C=O) groups excluding carboxylic acids is 1. The van der Waals surface area contributed by atoms with E-state index in [2.05, 4.69) is 0 Å². The number of aliphatic hydroxyl groups is 1. The quantitative estimate of drug-likeness (QED) is 0.288. The number of nitrogens with zero attached hydrogens (tertiary/aromatic N) is 2. The van der Waals surface area contributed by atoms with Gasteiger partial charge in [0.05, 0.1) is 22.1 Å². The molecule has 0 radical (unpaired) electrons. The molecule has 0 amide bonds. The number of carbonyl (C=O) groups is 1. The van der Waals surface area contributed by atoms with Crippen LogP contribution in [0.2, 0.25) is 10.0 Å². The summed E-state index contributed by atoms with van der Waals surface area (Å²) in [4.78, 5) is 24.6. The van der Waals surface area contributed by atoms with E-state index >= 15 is 0 Å². The molecular weight excluding hydrogens is 434 g/mol. The topological polar surface area (TPSA) is 83.7 Å². The lowest BCUT2D eigenvalue weighted by molar-refractivity contribution is -0.508. The summed E-state index contributed by atoms with van der Waals surface area (Å²) in [5.41, 5.74) is -0.416. The van der Waals surface area contributed by atoms with Crippen LogP contribution < -0.4 is 0 Å². The normalized spacial score (nSPS) is 18.5. The van der Waals surface area contributed by atoms with Gasteiger partial charge in [0, 0.05) is 23.6 Å². The molecule has 2 aromatic rings. The van der Waals surface area contributed by atoms with Crippen molar-refractivity contribution in [1.82, 2.24) is 4.90 Å². The van der Waals surface area contributed by atoms with Gasteiger partial charge in [-0.1, -0.05) is 59.6 Å². The molecule has 30 heavy (non-hydrogen) atoms. The van der Waals surface area contributed by atoms with Crippen molar-refractivity contribution in [3.05, 3.63) is 79.8 Å². The molecule has 0 saturated carbocycles. The largest absolute Gasteiger partial charge is 0.385 e. The molecular formula is C21H21Cl2FN2O4. The van der Waals surface area contributed by atoms with E-state index in [1.165, 1.54) is 17.0 Å². The smallest absolute Gasteiger partial charge is 0.278 e. The number of benzene rings is 2. The van der Waals surface area contributed by atoms with Gasteiger partial charge in [-0.25, -0.2) is 4.39 Å². The first kappa shape index (κ1) is 22.6. The second kappa shape index (κ2) is 9.39. The number of nitro groups is 1. The molecule has 6 nitrogen and oxygen atoms in total. The Balaban J connectivity index is 1.65. The fraction of sp³-hybridized carbons (Fsp3) is 0.381. The maximum atomic E-state index is 14.9. The van der Waals surface area contributed by atoms with Crippen molar-refractivity contribution < 1.29 is 19.2 Å². The first-order chi connectivity index (χ1) is 14.2. The molecule has 0 aromatic heterocycles. The van der Waals surface area contributed by atoms with Crippen molar-refractivity contribution in [3.8, 4) is 0 Å². The monoisotopic (exact) mass is 454 g/mol. The predicted molar refractivity (Wildman–Crippen MR) is 112 cm³/mol. The summed E-state index contributed by atoms with van der Waals surface area (Å²) in [5, 5.41) is 23.1. The van der Waals surface area contributed by atoms with Gasteiger partial charge in [-0.2, -0.15) is 0 Å². The van der Waals surface area contributed by atoms with E-state index in [-0.39, 0.29) is 31.5 Å². The second-order valence-electron chi connectivity index (χ2n) is 7.40. The summed E-state index contributed by atoms with van der Waals surface area (Å²) in [6, 6.07) is 11.0. The van der Waals surface area contributed by atoms with E-state index in [0.717, 1.165) is 0 Å². The molecule has 0 spiro atoms. The Bertz CT molecular complexity index is 920. The third-order valence-electron chi connectivity index (χ3n) is 5.51. The Kier molecular flexibility index (Phi) is 7.08. The minimum absolute atomic E-state index is 0.180. The van der Waals surface area contributed by atoms with Gasteiger partial charge in [-0.3, -0.25) is 19.8 Å². The third-order valence-corrected chi connectivity index (χ3v) is 6.25. The van der Waals surface area contributed by atoms with Gasteiger partial charge in [0.1, 0.15) is 0 Å². The average Bonchev–Trinajstić information content (AvgIpc) is 2.74. The van der Waals surface area contributed by atoms with E-state index < -0.39 is 35.1 Å². The summed E-state index contributed by atoms with van der Waals surface area (Å²) >= 11 is 12.0. The second-order valence-corrected chi connectivity index (χ2v) is 8.21. The van der Waals surface area contributed by atoms with Crippen LogP contribution in [0.1, 0.15) is 35.2 Å². The number of piperidine rings is 1. The highest BCUT2D eigenvalue weighted by atomic mass is 35.5. The SMILES string of the molecule is O=C(c1ccccc1)C(CC(F)N1CCC(O)(c2ccc(Cl)c(Cl)c2)CC1)[N+](=O)[O-]. The molecule has 2 aromatic carbocycles. The van der Waals surface area contributed by atoms with Crippen LogP contribution in [0, 0.1) is 10.1 Å². The maximum Gasteiger partial charge on any atom is 0.278 e. The first-order valence-corrected chi connectivity index (χ1v) is 10.3. The lowest BCUT2D eigenvalue weighted by Gasteiger charge is -2.39. The van der Waals surface area contributed by atoms with Crippen LogP contribution in [0.25, 0.3) is 0 Å². The molecule has 2 unspecified atom stereocenters. The molecule has 1 aliphatic heterocycles. The van der Waals surface area contributed by atoms with Gasteiger partial charge in [-0.15, -0.1) is 0 Å². The number of ketones is 1. The standard InChI is InChI=1S/C21H21Cl2FN2O4/c22-16-7-6-15(12-17(16)23)21(28)8-10-25(11-9-21)19(24)13-18(26(29)30)20(27)14-4-2-1-3-5-14/h1-7,12,18-19,28H,8-11,13H2. The van der Waals surface area contributed by atoms with Gasteiger partial charge < -0.3 is 5.11 Å². The van der Waals surface area contributed by atoms with Crippen molar-refractivity contribution >= 4 is 29.0 Å². The Labute approximate surface area is 183 Å². The Morgan fingerprint density at radius 3 is 2.37 bits per heavy atom. The molecule has 2 atom stereocenters. The number of halogens is 3. The van der Waals surface area contributed by atoms with Crippen LogP contribution in [0.4, 0.5) is 4.39 Å². The summed E-state index contributed by atoms with van der Waals surface area (Å²) in [7, 11) is 0. The van der Waals surface area contributed by atoms with E-state index in [1.807, 2.05) is 0 Å². The lowest BCUT2D eigenvalue weighted by Crippen LogP contribution is -2.47.